The summed E-state index contributed by atoms with van der Waals surface area (Å²) in [6, 6.07) is 6.86. The van der Waals surface area contributed by atoms with Gasteiger partial charge in [-0.1, -0.05) is 23.7 Å². The highest BCUT2D eigenvalue weighted by Crippen LogP contribution is 2.32. The minimum absolute atomic E-state index is 0.217. The van der Waals surface area contributed by atoms with E-state index in [-0.39, 0.29) is 5.82 Å². The fourth-order valence-corrected chi connectivity index (χ4v) is 2.85. The summed E-state index contributed by atoms with van der Waals surface area (Å²) in [6.07, 6.45) is -0.745. The van der Waals surface area contributed by atoms with Crippen LogP contribution in [0.25, 0.3) is 0 Å². The number of aryl methyl sites for hydroxylation is 2. The molecule has 4 heteroatoms. The molecular formula is C13H12ClFOS. The molecule has 0 aliphatic carbocycles. The smallest absolute Gasteiger partial charge is 0.129 e. The van der Waals surface area contributed by atoms with Gasteiger partial charge in [0.25, 0.3) is 0 Å². The Morgan fingerprint density at radius 3 is 2.29 bits per heavy atom. The Kier molecular flexibility index (Phi) is 3.52. The van der Waals surface area contributed by atoms with Crippen LogP contribution < -0.4 is 0 Å². The molecule has 1 N–H and O–H groups in total. The zero-order valence-electron chi connectivity index (χ0n) is 9.50. The largest absolute Gasteiger partial charge is 0.383 e. The van der Waals surface area contributed by atoms with Gasteiger partial charge in [0.1, 0.15) is 11.9 Å². The van der Waals surface area contributed by atoms with E-state index < -0.39 is 6.10 Å². The summed E-state index contributed by atoms with van der Waals surface area (Å²) in [4.78, 5) is 0.764. The van der Waals surface area contributed by atoms with Gasteiger partial charge in [0, 0.05) is 4.88 Å². The van der Waals surface area contributed by atoms with Gasteiger partial charge in [0.15, 0.2) is 0 Å². The second-order valence-electron chi connectivity index (χ2n) is 4.01. The van der Waals surface area contributed by atoms with Crippen molar-refractivity contribution in [2.24, 2.45) is 0 Å². The number of thiophene rings is 1. The molecule has 0 saturated heterocycles. The topological polar surface area (TPSA) is 20.2 Å². The van der Waals surface area contributed by atoms with Crippen molar-refractivity contribution in [1.29, 1.82) is 0 Å². The average molecular weight is 271 g/mol. The molecule has 1 nitrogen and oxygen atoms in total. The van der Waals surface area contributed by atoms with Crippen molar-refractivity contribution in [3.63, 3.8) is 0 Å². The predicted octanol–water partition coefficient (Wildman–Crippen LogP) is 4.24. The van der Waals surface area contributed by atoms with Crippen molar-refractivity contribution < 1.29 is 9.50 Å². The minimum atomic E-state index is -0.745. The van der Waals surface area contributed by atoms with E-state index in [4.69, 9.17) is 11.6 Å². The first-order valence-electron chi connectivity index (χ1n) is 5.19. The number of halogens is 2. The van der Waals surface area contributed by atoms with Crippen LogP contribution in [0.2, 0.25) is 4.34 Å². The third-order valence-corrected chi connectivity index (χ3v) is 3.92. The highest BCUT2D eigenvalue weighted by Gasteiger charge is 2.15. The molecule has 1 aromatic carbocycles. The van der Waals surface area contributed by atoms with E-state index in [0.29, 0.717) is 21.0 Å². The molecule has 17 heavy (non-hydrogen) atoms. The van der Waals surface area contributed by atoms with E-state index in [1.54, 1.807) is 38.1 Å². The summed E-state index contributed by atoms with van der Waals surface area (Å²) < 4.78 is 14.1. The monoisotopic (exact) mass is 270 g/mol. The molecule has 0 bridgehead atoms. The second-order valence-corrected chi connectivity index (χ2v) is 5.76. The first-order valence-corrected chi connectivity index (χ1v) is 6.38. The van der Waals surface area contributed by atoms with Crippen LogP contribution in [0.5, 0.6) is 0 Å². The molecule has 90 valence electrons. The first-order chi connectivity index (χ1) is 7.99. The van der Waals surface area contributed by atoms with Gasteiger partial charge < -0.3 is 5.11 Å². The molecule has 1 aromatic heterocycles. The van der Waals surface area contributed by atoms with Crippen molar-refractivity contribution in [2.75, 3.05) is 0 Å². The zero-order chi connectivity index (χ0) is 12.6. The third-order valence-electron chi connectivity index (χ3n) is 2.64. The summed E-state index contributed by atoms with van der Waals surface area (Å²) in [5.74, 6) is -0.217. The Labute approximate surface area is 108 Å². The summed E-state index contributed by atoms with van der Waals surface area (Å²) in [5.41, 5.74) is 1.78. The van der Waals surface area contributed by atoms with Crippen LogP contribution in [0.1, 0.15) is 27.7 Å². The van der Waals surface area contributed by atoms with Gasteiger partial charge >= 0.3 is 0 Å². The van der Waals surface area contributed by atoms with Crippen molar-refractivity contribution >= 4 is 22.9 Å². The third kappa shape index (κ3) is 2.51. The summed E-state index contributed by atoms with van der Waals surface area (Å²) >= 11 is 7.16. The zero-order valence-corrected chi connectivity index (χ0v) is 11.1. The summed E-state index contributed by atoms with van der Waals surface area (Å²) in [7, 11) is 0. The Bertz CT molecular complexity index is 527. The molecule has 0 spiro atoms. The number of aliphatic hydroxyl groups excluding tert-OH is 1. The Hall–Kier alpha value is -0.900. The molecule has 1 heterocycles. The van der Waals surface area contributed by atoms with Crippen LogP contribution in [0.3, 0.4) is 0 Å². The van der Waals surface area contributed by atoms with Crippen LogP contribution in [-0.4, -0.2) is 5.11 Å². The normalized spacial score (nSPS) is 12.8. The summed E-state index contributed by atoms with van der Waals surface area (Å²) in [6.45, 7) is 3.39. The van der Waals surface area contributed by atoms with Gasteiger partial charge in [0.2, 0.25) is 0 Å². The molecule has 0 saturated carbocycles. The lowest BCUT2D eigenvalue weighted by molar-refractivity contribution is 0.224. The molecule has 2 aromatic rings. The van der Waals surface area contributed by atoms with Crippen LogP contribution >= 0.6 is 22.9 Å². The van der Waals surface area contributed by atoms with Crippen LogP contribution in [0.15, 0.2) is 24.3 Å². The van der Waals surface area contributed by atoms with Crippen molar-refractivity contribution in [3.05, 3.63) is 56.0 Å². The standard InChI is InChI=1S/C13H12ClFOS/c1-7-5-9(6-8(2)12(7)15)13(16)10-3-4-11(14)17-10/h3-6,13,16H,1-2H3. The van der Waals surface area contributed by atoms with E-state index in [9.17, 15) is 9.50 Å². The lowest BCUT2D eigenvalue weighted by Crippen LogP contribution is -2.00. The fraction of sp³-hybridized carbons (Fsp3) is 0.231. The Balaban J connectivity index is 2.41. The highest BCUT2D eigenvalue weighted by molar-refractivity contribution is 7.16. The van der Waals surface area contributed by atoms with Gasteiger partial charge in [0.05, 0.1) is 4.34 Å². The molecule has 0 aliphatic heterocycles. The molecule has 1 unspecified atom stereocenters. The van der Waals surface area contributed by atoms with Gasteiger partial charge in [-0.3, -0.25) is 0 Å². The number of benzene rings is 1. The number of hydrogen-bond acceptors (Lipinski definition) is 2. The molecular weight excluding hydrogens is 259 g/mol. The predicted molar refractivity (Wildman–Crippen MR) is 69.3 cm³/mol. The second kappa shape index (κ2) is 4.77. The molecule has 0 aliphatic rings. The van der Waals surface area contributed by atoms with Crippen molar-refractivity contribution in [1.82, 2.24) is 0 Å². The number of hydrogen-bond donors (Lipinski definition) is 1. The molecule has 0 amide bonds. The lowest BCUT2D eigenvalue weighted by atomic mass is 10.0. The van der Waals surface area contributed by atoms with E-state index in [2.05, 4.69) is 0 Å². The summed E-state index contributed by atoms with van der Waals surface area (Å²) in [5, 5.41) is 10.2. The van der Waals surface area contributed by atoms with Crippen LogP contribution in [0.4, 0.5) is 4.39 Å². The average Bonchev–Trinajstić information content (AvgIpc) is 2.71. The maximum Gasteiger partial charge on any atom is 0.129 e. The highest BCUT2D eigenvalue weighted by atomic mass is 35.5. The first kappa shape index (κ1) is 12.6. The van der Waals surface area contributed by atoms with Crippen molar-refractivity contribution in [2.45, 2.75) is 20.0 Å². The van der Waals surface area contributed by atoms with Crippen LogP contribution in [0, 0.1) is 19.7 Å². The van der Waals surface area contributed by atoms with Gasteiger partial charge in [-0.15, -0.1) is 11.3 Å². The maximum absolute atomic E-state index is 13.5. The van der Waals surface area contributed by atoms with E-state index in [0.717, 1.165) is 4.88 Å². The van der Waals surface area contributed by atoms with Crippen molar-refractivity contribution in [3.8, 4) is 0 Å². The van der Waals surface area contributed by atoms with E-state index in [1.807, 2.05) is 0 Å². The van der Waals surface area contributed by atoms with Crippen LogP contribution in [-0.2, 0) is 0 Å². The molecule has 1 atom stereocenters. The fourth-order valence-electron chi connectivity index (χ4n) is 1.78. The van der Waals surface area contributed by atoms with Gasteiger partial charge in [-0.05, 0) is 42.7 Å². The van der Waals surface area contributed by atoms with E-state index in [1.165, 1.54) is 11.3 Å². The van der Waals surface area contributed by atoms with Gasteiger partial charge in [-0.2, -0.15) is 0 Å². The molecule has 2 rings (SSSR count). The SMILES string of the molecule is Cc1cc(C(O)c2ccc(Cl)s2)cc(C)c1F. The molecule has 0 fully saturated rings. The maximum atomic E-state index is 13.5. The number of rotatable bonds is 2. The Morgan fingerprint density at radius 1 is 1.24 bits per heavy atom. The quantitative estimate of drug-likeness (QED) is 0.865. The van der Waals surface area contributed by atoms with Gasteiger partial charge in [-0.25, -0.2) is 4.39 Å². The van der Waals surface area contributed by atoms with E-state index >= 15 is 0 Å². The lowest BCUT2D eigenvalue weighted by Gasteiger charge is -2.12. The minimum Gasteiger partial charge on any atom is -0.383 e. The Morgan fingerprint density at radius 2 is 1.82 bits per heavy atom. The number of aliphatic hydroxyl groups is 1. The molecule has 0 radical (unpaired) electrons.